The predicted molar refractivity (Wildman–Crippen MR) is 69.4 cm³/mol. The van der Waals surface area contributed by atoms with Crippen molar-refractivity contribution < 1.29 is 4.42 Å². The first-order valence-corrected chi connectivity index (χ1v) is 6.52. The highest BCUT2D eigenvalue weighted by atomic mass is 79.9. The zero-order valence-electron chi connectivity index (χ0n) is 8.74. The summed E-state index contributed by atoms with van der Waals surface area (Å²) in [6.07, 6.45) is 1.65. The van der Waals surface area contributed by atoms with Crippen molar-refractivity contribution in [3.63, 3.8) is 0 Å². The van der Waals surface area contributed by atoms with E-state index in [4.69, 9.17) is 10.2 Å². The number of oxazole rings is 1. The highest BCUT2D eigenvalue weighted by molar-refractivity contribution is 9.10. The van der Waals surface area contributed by atoms with Crippen LogP contribution >= 0.6 is 27.7 Å². The molecule has 0 aliphatic rings. The van der Waals surface area contributed by atoms with Crippen molar-refractivity contribution in [2.45, 2.75) is 17.9 Å². The number of rotatable bonds is 3. The third kappa shape index (κ3) is 2.80. The van der Waals surface area contributed by atoms with Gasteiger partial charge in [0.2, 0.25) is 0 Å². The molecule has 0 aliphatic heterocycles. The van der Waals surface area contributed by atoms with E-state index in [1.165, 1.54) is 0 Å². The summed E-state index contributed by atoms with van der Waals surface area (Å²) in [6, 6.07) is 5.88. The summed E-state index contributed by atoms with van der Waals surface area (Å²) in [5.74, 6) is 0.763. The molecule has 0 spiro atoms. The van der Waals surface area contributed by atoms with Crippen LogP contribution in [0, 0.1) is 6.92 Å². The second-order valence-corrected chi connectivity index (χ2v) is 5.23. The van der Waals surface area contributed by atoms with E-state index in [9.17, 15) is 0 Å². The zero-order valence-corrected chi connectivity index (χ0v) is 11.1. The first-order chi connectivity index (χ1) is 7.65. The Morgan fingerprint density at radius 3 is 2.94 bits per heavy atom. The summed E-state index contributed by atoms with van der Waals surface area (Å²) in [5, 5.41) is 0.680. The monoisotopic (exact) mass is 298 g/mol. The molecule has 1 aromatic carbocycles. The molecule has 0 saturated carbocycles. The van der Waals surface area contributed by atoms with Crippen LogP contribution in [0.1, 0.15) is 11.3 Å². The van der Waals surface area contributed by atoms with E-state index in [1.807, 2.05) is 25.1 Å². The molecule has 0 unspecified atom stereocenters. The fourth-order valence-corrected chi connectivity index (χ4v) is 2.48. The first kappa shape index (κ1) is 11.5. The number of nitrogens with zero attached hydrogens (tertiary/aromatic N) is 1. The Morgan fingerprint density at radius 1 is 1.50 bits per heavy atom. The van der Waals surface area contributed by atoms with Crippen molar-refractivity contribution >= 4 is 33.4 Å². The van der Waals surface area contributed by atoms with Crippen LogP contribution < -0.4 is 5.73 Å². The summed E-state index contributed by atoms with van der Waals surface area (Å²) in [7, 11) is 0. The van der Waals surface area contributed by atoms with Gasteiger partial charge in [0.25, 0.3) is 5.22 Å². The molecule has 0 bridgehead atoms. The predicted octanol–water partition coefficient (Wildman–Crippen LogP) is 3.62. The van der Waals surface area contributed by atoms with Gasteiger partial charge < -0.3 is 10.2 Å². The Morgan fingerprint density at radius 2 is 2.31 bits per heavy atom. The van der Waals surface area contributed by atoms with Gasteiger partial charge >= 0.3 is 0 Å². The van der Waals surface area contributed by atoms with Gasteiger partial charge in [-0.05, 0) is 24.6 Å². The molecule has 0 amide bonds. The fourth-order valence-electron chi connectivity index (χ4n) is 1.24. The lowest BCUT2D eigenvalue weighted by atomic mass is 10.2. The number of aromatic nitrogens is 1. The van der Waals surface area contributed by atoms with Crippen LogP contribution in [0.3, 0.4) is 0 Å². The van der Waals surface area contributed by atoms with Crippen molar-refractivity contribution in [1.29, 1.82) is 0 Å². The molecule has 5 heteroatoms. The van der Waals surface area contributed by atoms with Gasteiger partial charge in [0.15, 0.2) is 0 Å². The summed E-state index contributed by atoms with van der Waals surface area (Å²) in [6.45, 7) is 1.90. The molecule has 0 radical (unpaired) electrons. The van der Waals surface area contributed by atoms with E-state index in [-0.39, 0.29) is 0 Å². The maximum atomic E-state index is 5.90. The van der Waals surface area contributed by atoms with Crippen molar-refractivity contribution in [1.82, 2.24) is 4.98 Å². The van der Waals surface area contributed by atoms with Crippen LogP contribution in [-0.4, -0.2) is 4.98 Å². The number of benzene rings is 1. The maximum absolute atomic E-state index is 5.90. The molecule has 2 N–H and O–H groups in total. The van der Waals surface area contributed by atoms with E-state index < -0.39 is 0 Å². The Labute approximate surface area is 107 Å². The number of halogens is 1. The summed E-state index contributed by atoms with van der Waals surface area (Å²) >= 11 is 4.92. The van der Waals surface area contributed by atoms with Gasteiger partial charge in [-0.15, -0.1) is 0 Å². The highest BCUT2D eigenvalue weighted by Gasteiger charge is 2.05. The molecule has 1 heterocycles. The number of nitrogen functional groups attached to an aromatic ring is 1. The third-order valence-electron chi connectivity index (χ3n) is 2.06. The topological polar surface area (TPSA) is 52.0 Å². The van der Waals surface area contributed by atoms with Gasteiger partial charge in [0.1, 0.15) is 6.26 Å². The first-order valence-electron chi connectivity index (χ1n) is 4.74. The average molecular weight is 299 g/mol. The van der Waals surface area contributed by atoms with Crippen LogP contribution in [0.5, 0.6) is 0 Å². The normalized spacial score (nSPS) is 10.6. The number of nitrogens with two attached hydrogens (primary N) is 1. The molecule has 0 fully saturated rings. The van der Waals surface area contributed by atoms with E-state index in [2.05, 4.69) is 20.9 Å². The Kier molecular flexibility index (Phi) is 3.56. The zero-order chi connectivity index (χ0) is 11.5. The Balaban J connectivity index is 2.04. The largest absolute Gasteiger partial charge is 0.440 e. The molecule has 0 aliphatic carbocycles. The number of hydrogen-bond donors (Lipinski definition) is 1. The quantitative estimate of drug-likeness (QED) is 0.694. The smallest absolute Gasteiger partial charge is 0.256 e. The van der Waals surface area contributed by atoms with Crippen LogP contribution in [0.25, 0.3) is 0 Å². The lowest BCUT2D eigenvalue weighted by molar-refractivity contribution is 0.454. The Bertz CT molecular complexity index is 498. The summed E-state index contributed by atoms with van der Waals surface area (Å²) in [5.41, 5.74) is 8.66. The number of aryl methyl sites for hydroxylation is 1. The summed E-state index contributed by atoms with van der Waals surface area (Å²) < 4.78 is 6.24. The second kappa shape index (κ2) is 4.93. The molecule has 2 rings (SSSR count). The van der Waals surface area contributed by atoms with Gasteiger partial charge in [-0.25, -0.2) is 4.98 Å². The van der Waals surface area contributed by atoms with E-state index in [0.29, 0.717) is 5.22 Å². The fraction of sp³-hybridized carbons (Fsp3) is 0.182. The molecule has 0 atom stereocenters. The molecule has 3 nitrogen and oxygen atoms in total. The molecule has 0 saturated heterocycles. The lowest BCUT2D eigenvalue weighted by Crippen LogP contribution is -1.92. The summed E-state index contributed by atoms with van der Waals surface area (Å²) in [4.78, 5) is 4.22. The SMILES string of the molecule is Cc1coc(SCc2ccc(Br)cc2N)n1. The van der Waals surface area contributed by atoms with Crippen LogP contribution in [0.15, 0.2) is 38.6 Å². The minimum Gasteiger partial charge on any atom is -0.440 e. The number of thioether (sulfide) groups is 1. The molecular weight excluding hydrogens is 288 g/mol. The maximum Gasteiger partial charge on any atom is 0.256 e. The van der Waals surface area contributed by atoms with Crippen molar-refractivity contribution in [3.05, 3.63) is 40.2 Å². The molecular formula is C11H11BrN2OS. The van der Waals surface area contributed by atoms with Crippen molar-refractivity contribution in [3.8, 4) is 0 Å². The molecule has 1 aromatic heterocycles. The van der Waals surface area contributed by atoms with Crippen molar-refractivity contribution in [2.24, 2.45) is 0 Å². The number of anilines is 1. The van der Waals surface area contributed by atoms with E-state index in [1.54, 1.807) is 18.0 Å². The van der Waals surface area contributed by atoms with E-state index >= 15 is 0 Å². The van der Waals surface area contributed by atoms with Gasteiger partial charge in [-0.2, -0.15) is 0 Å². The lowest BCUT2D eigenvalue weighted by Gasteiger charge is -2.03. The number of hydrogen-bond acceptors (Lipinski definition) is 4. The highest BCUT2D eigenvalue weighted by Crippen LogP contribution is 2.26. The third-order valence-corrected chi connectivity index (χ3v) is 3.44. The van der Waals surface area contributed by atoms with Crippen molar-refractivity contribution in [2.75, 3.05) is 5.73 Å². The molecule has 84 valence electrons. The van der Waals surface area contributed by atoms with Gasteiger partial charge in [0, 0.05) is 15.9 Å². The molecule has 2 aromatic rings. The van der Waals surface area contributed by atoms with Gasteiger partial charge in [-0.1, -0.05) is 33.8 Å². The molecule has 16 heavy (non-hydrogen) atoms. The minimum absolute atomic E-state index is 0.680. The van der Waals surface area contributed by atoms with Gasteiger partial charge in [-0.3, -0.25) is 0 Å². The van der Waals surface area contributed by atoms with Crippen LogP contribution in [0.2, 0.25) is 0 Å². The van der Waals surface area contributed by atoms with Crippen LogP contribution in [0.4, 0.5) is 5.69 Å². The van der Waals surface area contributed by atoms with Crippen LogP contribution in [-0.2, 0) is 5.75 Å². The Hall–Kier alpha value is -0.940. The van der Waals surface area contributed by atoms with Gasteiger partial charge in [0.05, 0.1) is 5.69 Å². The van der Waals surface area contributed by atoms with E-state index in [0.717, 1.165) is 27.2 Å². The minimum atomic E-state index is 0.680. The average Bonchev–Trinajstić information content (AvgIpc) is 2.63. The second-order valence-electron chi connectivity index (χ2n) is 3.39. The standard InChI is InChI=1S/C11H11BrN2OS/c1-7-5-15-11(14-7)16-6-8-2-3-9(12)4-10(8)13/h2-5H,6,13H2,1H3.